The topological polar surface area (TPSA) is 38.3 Å². The van der Waals surface area contributed by atoms with Crippen LogP contribution >= 0.6 is 0 Å². The molecule has 3 nitrogen and oxygen atoms in total. The van der Waals surface area contributed by atoms with Crippen molar-refractivity contribution in [1.29, 1.82) is 0 Å². The van der Waals surface area contributed by atoms with Gasteiger partial charge in [-0.15, -0.1) is 0 Å². The van der Waals surface area contributed by atoms with Crippen molar-refractivity contribution in [2.75, 3.05) is 13.2 Å². The number of allylic oxidation sites excluding steroid dienone is 1. The van der Waals surface area contributed by atoms with Gasteiger partial charge >= 0.3 is 0 Å². The van der Waals surface area contributed by atoms with Crippen LogP contribution in [0.1, 0.15) is 20.3 Å². The molecule has 1 aromatic rings. The largest absolute Gasteiger partial charge is 0.492 e. The minimum absolute atomic E-state index is 0.00772. The number of carbonyl (C=O) groups is 1. The van der Waals surface area contributed by atoms with Crippen molar-refractivity contribution in [1.82, 2.24) is 5.32 Å². The van der Waals surface area contributed by atoms with Gasteiger partial charge in [0.1, 0.15) is 12.4 Å². The molecule has 0 bridgehead atoms. The molecule has 92 valence electrons. The van der Waals surface area contributed by atoms with Gasteiger partial charge in [0.2, 0.25) is 5.91 Å². The SMILES string of the molecule is C/C=C(/CC)C(=O)NCCOc1ccccc1. The Kier molecular flexibility index (Phi) is 5.86. The average Bonchev–Trinajstić information content (AvgIpc) is 2.37. The van der Waals surface area contributed by atoms with Crippen molar-refractivity contribution in [3.8, 4) is 5.75 Å². The lowest BCUT2D eigenvalue weighted by Gasteiger charge is -2.08. The zero-order chi connectivity index (χ0) is 12.5. The van der Waals surface area contributed by atoms with E-state index in [2.05, 4.69) is 5.32 Å². The molecule has 0 heterocycles. The van der Waals surface area contributed by atoms with E-state index in [0.29, 0.717) is 13.2 Å². The molecular weight excluding hydrogens is 214 g/mol. The Bertz CT molecular complexity index is 371. The van der Waals surface area contributed by atoms with E-state index in [9.17, 15) is 4.79 Å². The molecule has 1 aromatic carbocycles. The molecular formula is C14H19NO2. The van der Waals surface area contributed by atoms with Gasteiger partial charge in [0.25, 0.3) is 0 Å². The molecule has 0 radical (unpaired) electrons. The maximum Gasteiger partial charge on any atom is 0.246 e. The third-order valence-corrected chi connectivity index (χ3v) is 2.42. The van der Waals surface area contributed by atoms with Crippen molar-refractivity contribution in [2.24, 2.45) is 0 Å². The lowest BCUT2D eigenvalue weighted by molar-refractivity contribution is -0.117. The minimum atomic E-state index is -0.00772. The summed E-state index contributed by atoms with van der Waals surface area (Å²) in [5, 5.41) is 2.82. The van der Waals surface area contributed by atoms with Crippen LogP contribution in [0.5, 0.6) is 5.75 Å². The summed E-state index contributed by atoms with van der Waals surface area (Å²) in [6, 6.07) is 9.57. The van der Waals surface area contributed by atoms with E-state index in [0.717, 1.165) is 17.7 Å². The molecule has 3 heteroatoms. The lowest BCUT2D eigenvalue weighted by Crippen LogP contribution is -2.29. The first-order valence-electron chi connectivity index (χ1n) is 5.89. The normalized spacial score (nSPS) is 11.1. The first-order valence-corrected chi connectivity index (χ1v) is 5.89. The van der Waals surface area contributed by atoms with E-state index >= 15 is 0 Å². The predicted octanol–water partition coefficient (Wildman–Crippen LogP) is 2.54. The third-order valence-electron chi connectivity index (χ3n) is 2.42. The first-order chi connectivity index (χ1) is 8.27. The Morgan fingerprint density at radius 2 is 2.06 bits per heavy atom. The Hall–Kier alpha value is -1.77. The van der Waals surface area contributed by atoms with Crippen LogP contribution < -0.4 is 10.1 Å². The highest BCUT2D eigenvalue weighted by atomic mass is 16.5. The van der Waals surface area contributed by atoms with Gasteiger partial charge in [-0.05, 0) is 25.5 Å². The van der Waals surface area contributed by atoms with Crippen molar-refractivity contribution < 1.29 is 9.53 Å². The number of hydrogen-bond donors (Lipinski definition) is 1. The van der Waals surface area contributed by atoms with Crippen LogP contribution in [-0.2, 0) is 4.79 Å². The summed E-state index contributed by atoms with van der Waals surface area (Å²) >= 11 is 0. The molecule has 0 aliphatic rings. The third kappa shape index (κ3) is 4.72. The van der Waals surface area contributed by atoms with Crippen molar-refractivity contribution in [3.05, 3.63) is 42.0 Å². The van der Waals surface area contributed by atoms with Crippen LogP contribution in [0.2, 0.25) is 0 Å². The second-order valence-corrected chi connectivity index (χ2v) is 3.58. The molecule has 1 amide bonds. The fraction of sp³-hybridized carbons (Fsp3) is 0.357. The van der Waals surface area contributed by atoms with Gasteiger partial charge in [-0.2, -0.15) is 0 Å². The quantitative estimate of drug-likeness (QED) is 0.605. The first kappa shape index (κ1) is 13.3. The Morgan fingerprint density at radius 3 is 2.65 bits per heavy atom. The van der Waals surface area contributed by atoms with Gasteiger partial charge in [0.15, 0.2) is 0 Å². The Balaban J connectivity index is 2.23. The molecule has 0 saturated carbocycles. The van der Waals surface area contributed by atoms with Crippen LogP contribution in [0.4, 0.5) is 0 Å². The second kappa shape index (κ2) is 7.49. The second-order valence-electron chi connectivity index (χ2n) is 3.58. The van der Waals surface area contributed by atoms with Gasteiger partial charge in [0, 0.05) is 5.57 Å². The molecule has 1 rings (SSSR count). The number of benzene rings is 1. The highest BCUT2D eigenvalue weighted by molar-refractivity contribution is 5.93. The van der Waals surface area contributed by atoms with Crippen molar-refractivity contribution >= 4 is 5.91 Å². The smallest absolute Gasteiger partial charge is 0.246 e. The molecule has 0 unspecified atom stereocenters. The summed E-state index contributed by atoms with van der Waals surface area (Å²) in [4.78, 5) is 11.6. The molecule has 1 N–H and O–H groups in total. The minimum Gasteiger partial charge on any atom is -0.492 e. The number of carbonyl (C=O) groups excluding carboxylic acids is 1. The molecule has 0 saturated heterocycles. The zero-order valence-electron chi connectivity index (χ0n) is 10.4. The number of amides is 1. The van der Waals surface area contributed by atoms with E-state index in [1.54, 1.807) is 0 Å². The van der Waals surface area contributed by atoms with E-state index in [-0.39, 0.29) is 5.91 Å². The monoisotopic (exact) mass is 233 g/mol. The summed E-state index contributed by atoms with van der Waals surface area (Å²) in [6.45, 7) is 4.84. The summed E-state index contributed by atoms with van der Waals surface area (Å²) in [5.41, 5.74) is 0.810. The van der Waals surface area contributed by atoms with Gasteiger partial charge in [-0.25, -0.2) is 0 Å². The molecule has 17 heavy (non-hydrogen) atoms. The van der Waals surface area contributed by atoms with Gasteiger partial charge in [0.05, 0.1) is 6.54 Å². The predicted molar refractivity (Wildman–Crippen MR) is 69.0 cm³/mol. The summed E-state index contributed by atoms with van der Waals surface area (Å²) in [7, 11) is 0. The summed E-state index contributed by atoms with van der Waals surface area (Å²) < 4.78 is 5.47. The highest BCUT2D eigenvalue weighted by Crippen LogP contribution is 2.07. The van der Waals surface area contributed by atoms with E-state index in [1.807, 2.05) is 50.3 Å². The van der Waals surface area contributed by atoms with Crippen LogP contribution in [0.25, 0.3) is 0 Å². The molecule has 0 aliphatic heterocycles. The maximum atomic E-state index is 11.6. The maximum absolute atomic E-state index is 11.6. The number of rotatable bonds is 6. The summed E-state index contributed by atoms with van der Waals surface area (Å²) in [6.07, 6.45) is 2.59. The van der Waals surface area contributed by atoms with Crippen molar-refractivity contribution in [2.45, 2.75) is 20.3 Å². The molecule has 0 fully saturated rings. The molecule has 0 aliphatic carbocycles. The van der Waals surface area contributed by atoms with E-state index < -0.39 is 0 Å². The lowest BCUT2D eigenvalue weighted by atomic mass is 10.2. The van der Waals surface area contributed by atoms with Gasteiger partial charge in [-0.1, -0.05) is 31.2 Å². The standard InChI is InChI=1S/C14H19NO2/c1-3-12(4-2)14(16)15-10-11-17-13-8-6-5-7-9-13/h3,5-9H,4,10-11H2,1-2H3,(H,15,16)/b12-3-. The number of ether oxygens (including phenoxy) is 1. The molecule has 0 atom stereocenters. The highest BCUT2D eigenvalue weighted by Gasteiger charge is 2.04. The van der Waals surface area contributed by atoms with Crippen molar-refractivity contribution in [3.63, 3.8) is 0 Å². The number of para-hydroxylation sites is 1. The Labute approximate surface area is 102 Å². The van der Waals surface area contributed by atoms with Gasteiger partial charge < -0.3 is 10.1 Å². The number of hydrogen-bond acceptors (Lipinski definition) is 2. The van der Waals surface area contributed by atoms with E-state index in [4.69, 9.17) is 4.74 Å². The van der Waals surface area contributed by atoms with Crippen LogP contribution in [0.3, 0.4) is 0 Å². The molecule has 0 aromatic heterocycles. The van der Waals surface area contributed by atoms with Crippen LogP contribution in [-0.4, -0.2) is 19.1 Å². The van der Waals surface area contributed by atoms with E-state index in [1.165, 1.54) is 0 Å². The van der Waals surface area contributed by atoms with Crippen LogP contribution in [0.15, 0.2) is 42.0 Å². The van der Waals surface area contributed by atoms with Crippen LogP contribution in [0, 0.1) is 0 Å². The summed E-state index contributed by atoms with van der Waals surface area (Å²) in [5.74, 6) is 0.815. The fourth-order valence-electron chi connectivity index (χ4n) is 1.46. The average molecular weight is 233 g/mol. The Morgan fingerprint density at radius 1 is 1.35 bits per heavy atom. The number of nitrogens with one attached hydrogen (secondary N) is 1. The fourth-order valence-corrected chi connectivity index (χ4v) is 1.46. The molecule has 0 spiro atoms. The zero-order valence-corrected chi connectivity index (χ0v) is 10.4. The van der Waals surface area contributed by atoms with Gasteiger partial charge in [-0.3, -0.25) is 4.79 Å².